The second-order valence-corrected chi connectivity index (χ2v) is 9.54. The van der Waals surface area contributed by atoms with Gasteiger partial charge in [-0.05, 0) is 36.4 Å². The Morgan fingerprint density at radius 3 is 2.43 bits per heavy atom. The number of aromatic amines is 1. The third-order valence-corrected chi connectivity index (χ3v) is 6.61. The molecule has 0 fully saturated rings. The number of amides is 1. The van der Waals surface area contributed by atoms with E-state index < -0.39 is 33.5 Å². The van der Waals surface area contributed by atoms with Crippen molar-refractivity contribution in [3.8, 4) is 22.8 Å². The van der Waals surface area contributed by atoms with E-state index in [1.54, 1.807) is 12.1 Å². The highest BCUT2D eigenvalue weighted by atomic mass is 32.2. The average molecular weight is 519 g/mol. The van der Waals surface area contributed by atoms with Crippen LogP contribution in [-0.2, 0) is 14.8 Å². The molecule has 0 saturated carbocycles. The quantitative estimate of drug-likeness (QED) is 0.249. The summed E-state index contributed by atoms with van der Waals surface area (Å²) < 4.78 is 33.6. The van der Waals surface area contributed by atoms with E-state index in [2.05, 4.69) is 30.2 Å². The van der Waals surface area contributed by atoms with Crippen molar-refractivity contribution in [3.63, 3.8) is 0 Å². The topological polar surface area (TPSA) is 180 Å². The van der Waals surface area contributed by atoms with Crippen LogP contribution in [0.1, 0.15) is 17.3 Å². The molecule has 0 spiro atoms. The molecule has 0 aliphatic heterocycles. The second-order valence-electron chi connectivity index (χ2n) is 7.86. The number of carbonyl (C=O) groups is 2. The van der Waals surface area contributed by atoms with Crippen molar-refractivity contribution in [1.29, 1.82) is 0 Å². The largest absolute Gasteiger partial charge is 0.478 e. The Morgan fingerprint density at radius 1 is 0.973 bits per heavy atom. The zero-order chi connectivity index (χ0) is 26.2. The fourth-order valence-electron chi connectivity index (χ4n) is 3.67. The first-order valence-corrected chi connectivity index (χ1v) is 12.3. The smallest absolute Gasteiger partial charge is 0.337 e. The van der Waals surface area contributed by atoms with Gasteiger partial charge in [-0.15, -0.1) is 5.10 Å². The van der Waals surface area contributed by atoms with E-state index in [-0.39, 0.29) is 16.5 Å². The molecule has 0 unspecified atom stereocenters. The molecule has 1 amide bonds. The minimum Gasteiger partial charge on any atom is -0.478 e. The number of aromatic carboxylic acids is 1. The summed E-state index contributed by atoms with van der Waals surface area (Å²) in [7, 11) is -4.30. The van der Waals surface area contributed by atoms with Gasteiger partial charge in [0.25, 0.3) is 15.9 Å². The van der Waals surface area contributed by atoms with Crippen LogP contribution in [-0.4, -0.2) is 45.6 Å². The molecule has 2 heterocycles. The normalized spacial score (nSPS) is 11.4. The summed E-state index contributed by atoms with van der Waals surface area (Å²) in [5.74, 6) is -1.31. The number of hydrogen-bond acceptors (Lipinski definition) is 8. The number of carboxylic acids is 1. The molecule has 4 N–H and O–H groups in total. The zero-order valence-corrected chi connectivity index (χ0v) is 19.9. The summed E-state index contributed by atoms with van der Waals surface area (Å²) in [6, 6.07) is 17.5. The van der Waals surface area contributed by atoms with Gasteiger partial charge in [0.15, 0.2) is 0 Å². The van der Waals surface area contributed by atoms with Crippen molar-refractivity contribution >= 4 is 44.6 Å². The Morgan fingerprint density at radius 2 is 1.70 bits per heavy atom. The van der Waals surface area contributed by atoms with Crippen LogP contribution in [0, 0.1) is 0 Å². The fourth-order valence-corrected chi connectivity index (χ4v) is 4.62. The van der Waals surface area contributed by atoms with Gasteiger partial charge in [0, 0.05) is 18.1 Å². The second kappa shape index (κ2) is 9.20. The fraction of sp³-hybridized carbons (Fsp3) is 0.0417. The molecule has 5 rings (SSSR count). The van der Waals surface area contributed by atoms with Crippen molar-refractivity contribution in [2.24, 2.45) is 0 Å². The molecule has 0 radical (unpaired) electrons. The number of rotatable bonds is 7. The van der Waals surface area contributed by atoms with Crippen molar-refractivity contribution in [2.45, 2.75) is 11.8 Å². The lowest BCUT2D eigenvalue weighted by molar-refractivity contribution is -0.114. The van der Waals surface area contributed by atoms with Gasteiger partial charge < -0.3 is 19.8 Å². The first-order chi connectivity index (χ1) is 17.7. The number of aromatic nitrogens is 4. The number of imidazole rings is 1. The molecule has 2 aromatic heterocycles. The Kier molecular flexibility index (Phi) is 5.89. The molecule has 0 atom stereocenters. The summed E-state index contributed by atoms with van der Waals surface area (Å²) in [5.41, 5.74) is 2.36. The summed E-state index contributed by atoms with van der Waals surface area (Å²) >= 11 is 0. The molecule has 37 heavy (non-hydrogen) atoms. The van der Waals surface area contributed by atoms with E-state index in [4.69, 9.17) is 4.42 Å². The number of fused-ring (bicyclic) bond motifs is 1. The third kappa shape index (κ3) is 4.75. The van der Waals surface area contributed by atoms with Gasteiger partial charge in [-0.25, -0.2) is 22.9 Å². The zero-order valence-electron chi connectivity index (χ0n) is 19.1. The monoisotopic (exact) mass is 518 g/mol. The van der Waals surface area contributed by atoms with Gasteiger partial charge >= 0.3 is 12.0 Å². The molecule has 0 saturated heterocycles. The summed E-state index contributed by atoms with van der Waals surface area (Å²) in [6.45, 7) is 1.21. The van der Waals surface area contributed by atoms with Crippen LogP contribution >= 0.6 is 0 Å². The number of sulfonamides is 1. The third-order valence-electron chi connectivity index (χ3n) is 5.29. The number of hydrogen-bond donors (Lipinski definition) is 4. The van der Waals surface area contributed by atoms with Crippen molar-refractivity contribution in [3.05, 3.63) is 72.3 Å². The van der Waals surface area contributed by atoms with E-state index in [1.807, 2.05) is 36.4 Å². The van der Waals surface area contributed by atoms with Crippen LogP contribution in [0.5, 0.6) is 0 Å². The number of carbonyl (C=O) groups excluding carboxylic acids is 1. The van der Waals surface area contributed by atoms with E-state index in [0.717, 1.165) is 23.2 Å². The van der Waals surface area contributed by atoms with Crippen molar-refractivity contribution in [2.75, 3.05) is 10.0 Å². The van der Waals surface area contributed by atoms with Crippen LogP contribution in [0.25, 0.3) is 33.9 Å². The number of benzene rings is 3. The Bertz CT molecular complexity index is 1740. The number of carboxylic acid groups (broad SMARTS) is 1. The number of para-hydroxylation sites is 2. The van der Waals surface area contributed by atoms with Gasteiger partial charge in [0.2, 0.25) is 5.91 Å². The van der Waals surface area contributed by atoms with Gasteiger partial charge in [-0.1, -0.05) is 35.4 Å². The molecule has 186 valence electrons. The molecule has 0 aliphatic carbocycles. The molecule has 0 bridgehead atoms. The number of nitrogens with one attached hydrogen (secondary N) is 3. The van der Waals surface area contributed by atoms with E-state index in [0.29, 0.717) is 17.0 Å². The average Bonchev–Trinajstić information content (AvgIpc) is 3.50. The molecule has 0 aliphatic rings. The Labute approximate surface area is 209 Å². The van der Waals surface area contributed by atoms with Crippen LogP contribution in [0.2, 0.25) is 0 Å². The number of nitrogens with zero attached hydrogens (tertiary/aromatic N) is 3. The van der Waals surface area contributed by atoms with E-state index >= 15 is 0 Å². The van der Waals surface area contributed by atoms with Crippen molar-refractivity contribution in [1.82, 2.24) is 20.2 Å². The SMILES string of the molecule is CC(=O)Nc1ccc(S(=O)(=O)Nc2nnc(-c3ccccc3-c3nc4ccccc4[nH]3)o2)cc1C(=O)O. The summed E-state index contributed by atoms with van der Waals surface area (Å²) in [4.78, 5) is 30.4. The Balaban J connectivity index is 1.45. The molecule has 12 nitrogen and oxygen atoms in total. The summed E-state index contributed by atoms with van der Waals surface area (Å²) in [6.07, 6.45) is 0. The van der Waals surface area contributed by atoms with E-state index in [9.17, 15) is 23.1 Å². The number of H-pyrrole nitrogens is 1. The maximum Gasteiger partial charge on any atom is 0.337 e. The standard InChI is InChI=1S/C24H18N6O6S/c1-13(31)25-18-11-10-14(12-17(18)23(32)33)37(34,35)30-24-29-28-22(36-24)16-7-3-2-6-15(16)21-26-19-8-4-5-9-20(19)27-21/h2-12H,1H3,(H,25,31)(H,26,27)(H,29,30)(H,32,33). The minimum atomic E-state index is -4.30. The van der Waals surface area contributed by atoms with Crippen LogP contribution in [0.15, 0.2) is 76.0 Å². The molecular weight excluding hydrogens is 500 g/mol. The van der Waals surface area contributed by atoms with E-state index in [1.165, 1.54) is 13.0 Å². The highest BCUT2D eigenvalue weighted by molar-refractivity contribution is 7.92. The lowest BCUT2D eigenvalue weighted by atomic mass is 10.1. The number of anilines is 2. The van der Waals surface area contributed by atoms with Crippen LogP contribution in [0.4, 0.5) is 11.7 Å². The predicted molar refractivity (Wildman–Crippen MR) is 133 cm³/mol. The predicted octanol–water partition coefficient (Wildman–Crippen LogP) is 3.74. The van der Waals surface area contributed by atoms with Crippen LogP contribution in [0.3, 0.4) is 0 Å². The van der Waals surface area contributed by atoms with Crippen LogP contribution < -0.4 is 10.0 Å². The lowest BCUT2D eigenvalue weighted by Crippen LogP contribution is -2.16. The van der Waals surface area contributed by atoms with Gasteiger partial charge in [0.1, 0.15) is 5.82 Å². The van der Waals surface area contributed by atoms with Gasteiger partial charge in [0.05, 0.1) is 27.2 Å². The molecule has 3 aromatic carbocycles. The molecular formula is C24H18N6O6S. The Hall–Kier alpha value is -5.04. The highest BCUT2D eigenvalue weighted by Gasteiger charge is 2.23. The van der Waals surface area contributed by atoms with Crippen molar-refractivity contribution < 1.29 is 27.5 Å². The summed E-state index contributed by atoms with van der Waals surface area (Å²) in [5, 5.41) is 19.5. The maximum atomic E-state index is 12.9. The highest BCUT2D eigenvalue weighted by Crippen LogP contribution is 2.32. The minimum absolute atomic E-state index is 0.0405. The van der Waals surface area contributed by atoms with Gasteiger partial charge in [-0.2, -0.15) is 0 Å². The first-order valence-electron chi connectivity index (χ1n) is 10.8. The lowest BCUT2D eigenvalue weighted by Gasteiger charge is -2.10. The first kappa shape index (κ1) is 23.7. The molecule has 5 aromatic rings. The maximum absolute atomic E-state index is 12.9. The molecule has 13 heteroatoms. The van der Waals surface area contributed by atoms with Gasteiger partial charge in [-0.3, -0.25) is 4.79 Å².